The van der Waals surface area contributed by atoms with Gasteiger partial charge in [-0.25, -0.2) is 4.79 Å². The van der Waals surface area contributed by atoms with Gasteiger partial charge in [0.25, 0.3) is 0 Å². The van der Waals surface area contributed by atoms with Crippen LogP contribution in [-0.2, 0) is 9.47 Å². The Balaban J connectivity index is 2.15. The fraction of sp³-hybridized carbons (Fsp3) is 0.667. The van der Waals surface area contributed by atoms with E-state index in [-0.39, 0.29) is 6.09 Å². The Kier molecular flexibility index (Phi) is 7.26. The van der Waals surface area contributed by atoms with Crippen molar-refractivity contribution in [3.05, 3.63) is 23.8 Å². The number of allylic oxidation sites excluding steroid dienone is 2. The lowest BCUT2D eigenvalue weighted by Gasteiger charge is -2.22. The minimum atomic E-state index is -0.373. The number of hydrogen-bond donors (Lipinski definition) is 1. The number of ether oxygens (including phenoxy) is 2. The van der Waals surface area contributed by atoms with E-state index in [0.29, 0.717) is 32.3 Å². The van der Waals surface area contributed by atoms with Gasteiger partial charge in [0.15, 0.2) is 0 Å². The number of nitrogens with one attached hydrogen (secondary N) is 1. The molecule has 1 rings (SSSR count). The van der Waals surface area contributed by atoms with Crippen LogP contribution in [0.3, 0.4) is 0 Å². The summed E-state index contributed by atoms with van der Waals surface area (Å²) in [6, 6.07) is 0. The summed E-state index contributed by atoms with van der Waals surface area (Å²) < 4.78 is 10.1. The quantitative estimate of drug-likeness (QED) is 0.569. The number of amides is 1. The van der Waals surface area contributed by atoms with E-state index in [4.69, 9.17) is 9.47 Å². The lowest BCUT2D eigenvalue weighted by atomic mass is 9.85. The molecular formula is C15H25NO3. The standard InChI is InChI=1S/C15H25NO3/c1-4-18-9-10-19-15(17)16-11-13-5-7-14(8-6-13)12(2)3/h5,14H,2,4,6-11H2,1,3H3,(H,16,17). The molecule has 1 amide bonds. The maximum absolute atomic E-state index is 11.4. The summed E-state index contributed by atoms with van der Waals surface area (Å²) in [5, 5.41) is 2.77. The largest absolute Gasteiger partial charge is 0.447 e. The lowest BCUT2D eigenvalue weighted by molar-refractivity contribution is 0.0791. The molecule has 0 saturated heterocycles. The third-order valence-corrected chi connectivity index (χ3v) is 3.33. The van der Waals surface area contributed by atoms with Crippen molar-refractivity contribution in [3.8, 4) is 0 Å². The first kappa shape index (κ1) is 15.8. The van der Waals surface area contributed by atoms with Crippen LogP contribution in [0.15, 0.2) is 23.8 Å². The van der Waals surface area contributed by atoms with Gasteiger partial charge in [-0.2, -0.15) is 0 Å². The SMILES string of the molecule is C=C(C)C1CC=C(CNC(=O)OCCOCC)CC1. The monoisotopic (exact) mass is 267 g/mol. The third kappa shape index (κ3) is 6.43. The third-order valence-electron chi connectivity index (χ3n) is 3.33. The fourth-order valence-electron chi connectivity index (χ4n) is 2.07. The van der Waals surface area contributed by atoms with Gasteiger partial charge in [-0.05, 0) is 39.0 Å². The molecule has 0 radical (unpaired) electrons. The molecule has 4 heteroatoms. The molecule has 108 valence electrons. The van der Waals surface area contributed by atoms with Gasteiger partial charge in [0.05, 0.1) is 6.61 Å². The van der Waals surface area contributed by atoms with Crippen molar-refractivity contribution in [2.45, 2.75) is 33.1 Å². The molecule has 19 heavy (non-hydrogen) atoms. The molecule has 0 bridgehead atoms. The second-order valence-electron chi connectivity index (χ2n) is 4.87. The van der Waals surface area contributed by atoms with Crippen LogP contribution >= 0.6 is 0 Å². The van der Waals surface area contributed by atoms with Crippen LogP contribution in [0, 0.1) is 5.92 Å². The summed E-state index contributed by atoms with van der Waals surface area (Å²) >= 11 is 0. The van der Waals surface area contributed by atoms with Crippen molar-refractivity contribution in [1.82, 2.24) is 5.32 Å². The van der Waals surface area contributed by atoms with E-state index >= 15 is 0 Å². The molecule has 0 aromatic rings. The van der Waals surface area contributed by atoms with Crippen molar-refractivity contribution in [2.75, 3.05) is 26.4 Å². The Morgan fingerprint density at radius 3 is 2.89 bits per heavy atom. The molecule has 0 heterocycles. The molecule has 0 fully saturated rings. The average molecular weight is 267 g/mol. The first-order valence-electron chi connectivity index (χ1n) is 6.95. The molecule has 0 spiro atoms. The molecule has 1 N–H and O–H groups in total. The van der Waals surface area contributed by atoms with Gasteiger partial charge >= 0.3 is 6.09 Å². The molecule has 1 aliphatic rings. The zero-order valence-electron chi connectivity index (χ0n) is 12.0. The highest BCUT2D eigenvalue weighted by molar-refractivity contribution is 5.67. The molecule has 0 aliphatic heterocycles. The van der Waals surface area contributed by atoms with Crippen LogP contribution in [0.5, 0.6) is 0 Å². The summed E-state index contributed by atoms with van der Waals surface area (Å²) in [5.74, 6) is 0.599. The summed E-state index contributed by atoms with van der Waals surface area (Å²) in [5.41, 5.74) is 2.53. The van der Waals surface area contributed by atoms with Crippen molar-refractivity contribution in [2.24, 2.45) is 5.92 Å². The summed E-state index contributed by atoms with van der Waals surface area (Å²) in [6.45, 7) is 9.96. The van der Waals surface area contributed by atoms with Gasteiger partial charge in [0.1, 0.15) is 6.61 Å². The van der Waals surface area contributed by atoms with Crippen molar-refractivity contribution < 1.29 is 14.3 Å². The Bertz CT molecular complexity index is 336. The lowest BCUT2D eigenvalue weighted by Crippen LogP contribution is -2.28. The Morgan fingerprint density at radius 2 is 2.32 bits per heavy atom. The first-order chi connectivity index (χ1) is 9.13. The predicted molar refractivity (Wildman–Crippen MR) is 76.1 cm³/mol. The zero-order valence-corrected chi connectivity index (χ0v) is 12.0. The highest BCUT2D eigenvalue weighted by Gasteiger charge is 2.15. The highest BCUT2D eigenvalue weighted by Crippen LogP contribution is 2.27. The number of carbonyl (C=O) groups is 1. The van der Waals surface area contributed by atoms with E-state index in [1.54, 1.807) is 0 Å². The average Bonchev–Trinajstić information content (AvgIpc) is 2.42. The van der Waals surface area contributed by atoms with Crippen LogP contribution in [0.2, 0.25) is 0 Å². The normalized spacial score (nSPS) is 18.6. The van der Waals surface area contributed by atoms with Crippen LogP contribution in [-0.4, -0.2) is 32.5 Å². The van der Waals surface area contributed by atoms with Gasteiger partial charge in [-0.15, -0.1) is 0 Å². The summed E-state index contributed by atoms with van der Waals surface area (Å²) in [6.07, 6.45) is 5.02. The number of alkyl carbamates (subject to hydrolysis) is 1. The minimum absolute atomic E-state index is 0.302. The van der Waals surface area contributed by atoms with E-state index < -0.39 is 0 Å². The molecule has 1 unspecified atom stereocenters. The number of carbonyl (C=O) groups excluding carboxylic acids is 1. The number of hydrogen-bond acceptors (Lipinski definition) is 3. The smallest absolute Gasteiger partial charge is 0.407 e. The first-order valence-corrected chi connectivity index (χ1v) is 6.95. The van der Waals surface area contributed by atoms with Gasteiger partial charge in [0.2, 0.25) is 0 Å². The predicted octanol–water partition coefficient (Wildman–Crippen LogP) is 3.05. The van der Waals surface area contributed by atoms with Gasteiger partial charge in [0, 0.05) is 13.2 Å². The fourth-order valence-corrected chi connectivity index (χ4v) is 2.07. The molecule has 1 atom stereocenters. The highest BCUT2D eigenvalue weighted by atomic mass is 16.6. The van der Waals surface area contributed by atoms with Gasteiger partial charge < -0.3 is 14.8 Å². The topological polar surface area (TPSA) is 47.6 Å². The number of rotatable bonds is 7. The molecule has 0 aromatic carbocycles. The molecular weight excluding hydrogens is 242 g/mol. The van der Waals surface area contributed by atoms with Crippen molar-refractivity contribution in [3.63, 3.8) is 0 Å². The van der Waals surface area contributed by atoms with Crippen LogP contribution < -0.4 is 5.32 Å². The van der Waals surface area contributed by atoms with Crippen LogP contribution in [0.1, 0.15) is 33.1 Å². The molecule has 1 aliphatic carbocycles. The Morgan fingerprint density at radius 1 is 1.53 bits per heavy atom. The summed E-state index contributed by atoms with van der Waals surface area (Å²) in [7, 11) is 0. The Labute approximate surface area is 115 Å². The summed E-state index contributed by atoms with van der Waals surface area (Å²) in [4.78, 5) is 11.4. The molecule has 0 saturated carbocycles. The van der Waals surface area contributed by atoms with E-state index in [1.165, 1.54) is 11.1 Å². The van der Waals surface area contributed by atoms with Gasteiger partial charge in [-0.3, -0.25) is 0 Å². The second-order valence-corrected chi connectivity index (χ2v) is 4.87. The van der Waals surface area contributed by atoms with Crippen LogP contribution in [0.4, 0.5) is 4.79 Å². The van der Waals surface area contributed by atoms with E-state index in [0.717, 1.165) is 19.3 Å². The maximum Gasteiger partial charge on any atom is 0.407 e. The van der Waals surface area contributed by atoms with E-state index in [2.05, 4.69) is 24.9 Å². The van der Waals surface area contributed by atoms with Gasteiger partial charge in [-0.1, -0.05) is 23.8 Å². The van der Waals surface area contributed by atoms with Crippen molar-refractivity contribution in [1.29, 1.82) is 0 Å². The zero-order chi connectivity index (χ0) is 14.1. The van der Waals surface area contributed by atoms with E-state index in [1.807, 2.05) is 6.92 Å². The van der Waals surface area contributed by atoms with E-state index in [9.17, 15) is 4.79 Å². The second kappa shape index (κ2) is 8.75. The Hall–Kier alpha value is -1.29. The molecule has 0 aromatic heterocycles. The maximum atomic E-state index is 11.4. The minimum Gasteiger partial charge on any atom is -0.447 e. The van der Waals surface area contributed by atoms with Crippen molar-refractivity contribution >= 4 is 6.09 Å². The molecule has 4 nitrogen and oxygen atoms in total. The van der Waals surface area contributed by atoms with Crippen LogP contribution in [0.25, 0.3) is 0 Å².